The maximum atomic E-state index is 10.8. The number of hydrogen-bond acceptors (Lipinski definition) is 9. The summed E-state index contributed by atoms with van der Waals surface area (Å²) in [6, 6.07) is 4.13. The molecule has 1 aliphatic rings. The van der Waals surface area contributed by atoms with E-state index in [0.717, 1.165) is 11.8 Å². The summed E-state index contributed by atoms with van der Waals surface area (Å²) in [4.78, 5) is 4.72. The number of rotatable bonds is 6. The van der Waals surface area contributed by atoms with Crippen molar-refractivity contribution in [1.29, 1.82) is 0 Å². The first-order valence-electron chi connectivity index (χ1n) is 8.26. The van der Waals surface area contributed by atoms with Crippen molar-refractivity contribution in [2.24, 2.45) is 5.73 Å². The number of aromatic nitrogens is 1. The lowest BCUT2D eigenvalue weighted by Crippen LogP contribution is -2.62. The Morgan fingerprint density at radius 1 is 1.36 bits per heavy atom. The van der Waals surface area contributed by atoms with E-state index in [1.54, 1.807) is 29.8 Å². The molecule has 5 atom stereocenters. The molecule has 2 heterocycles. The van der Waals surface area contributed by atoms with Crippen LogP contribution in [0.5, 0.6) is 0 Å². The minimum Gasteiger partial charge on any atom is -0.395 e. The van der Waals surface area contributed by atoms with Crippen LogP contribution >= 0.6 is 46.3 Å². The molecule has 0 spiro atoms. The first kappa shape index (κ1) is 21.7. The van der Waals surface area contributed by atoms with Crippen molar-refractivity contribution in [1.82, 2.24) is 10.3 Å². The molecule has 11 heteroatoms. The SMILES string of the molecule is N/C(=C\NC1C(O)C(CO)OC(Sc2cc(Cl)ccc2Cl)C1O)c1nccs1. The van der Waals surface area contributed by atoms with Gasteiger partial charge in [0.05, 0.1) is 23.4 Å². The number of nitrogens with zero attached hydrogens (tertiary/aromatic N) is 1. The van der Waals surface area contributed by atoms with Crippen molar-refractivity contribution >= 4 is 52.0 Å². The molecular weight excluding hydrogens is 445 g/mol. The zero-order valence-corrected chi connectivity index (χ0v) is 17.5. The van der Waals surface area contributed by atoms with Gasteiger partial charge in [-0.25, -0.2) is 4.98 Å². The highest BCUT2D eigenvalue weighted by molar-refractivity contribution is 8.00. The summed E-state index contributed by atoms with van der Waals surface area (Å²) in [5.41, 5.74) is 5.54. The molecule has 6 N–H and O–H groups in total. The number of thioether (sulfide) groups is 1. The molecule has 1 aliphatic heterocycles. The molecule has 1 aromatic carbocycles. The van der Waals surface area contributed by atoms with Crippen molar-refractivity contribution in [3.8, 4) is 0 Å². The molecule has 1 fully saturated rings. The van der Waals surface area contributed by atoms with Gasteiger partial charge in [0, 0.05) is 27.7 Å². The number of nitrogens with one attached hydrogen (secondary N) is 1. The maximum Gasteiger partial charge on any atom is 0.140 e. The van der Waals surface area contributed by atoms with Crippen LogP contribution in [0, 0.1) is 0 Å². The Hall–Kier alpha value is -1.04. The molecule has 1 saturated heterocycles. The van der Waals surface area contributed by atoms with E-state index in [4.69, 9.17) is 33.7 Å². The second-order valence-electron chi connectivity index (χ2n) is 6.03. The minimum absolute atomic E-state index is 0.364. The van der Waals surface area contributed by atoms with Gasteiger partial charge in [0.15, 0.2) is 0 Å². The highest BCUT2D eigenvalue weighted by atomic mass is 35.5. The summed E-state index contributed by atoms with van der Waals surface area (Å²) in [6.45, 7) is -0.419. The van der Waals surface area contributed by atoms with Crippen LogP contribution in [-0.2, 0) is 4.74 Å². The van der Waals surface area contributed by atoms with Gasteiger partial charge in [0.25, 0.3) is 0 Å². The largest absolute Gasteiger partial charge is 0.395 e. The van der Waals surface area contributed by atoms with Crippen molar-refractivity contribution < 1.29 is 20.1 Å². The fraction of sp³-hybridized carbons (Fsp3) is 0.353. The van der Waals surface area contributed by atoms with Crippen LogP contribution in [0.1, 0.15) is 5.01 Å². The molecule has 0 aliphatic carbocycles. The second-order valence-corrected chi connectivity index (χ2v) is 8.91. The molecule has 0 radical (unpaired) electrons. The second kappa shape index (κ2) is 9.64. The molecule has 1 aromatic heterocycles. The van der Waals surface area contributed by atoms with E-state index in [2.05, 4.69) is 10.3 Å². The van der Waals surface area contributed by atoms with Gasteiger partial charge >= 0.3 is 0 Å². The van der Waals surface area contributed by atoms with E-state index in [1.807, 2.05) is 0 Å². The molecule has 5 unspecified atom stereocenters. The topological polar surface area (TPSA) is 121 Å². The Morgan fingerprint density at radius 3 is 2.82 bits per heavy atom. The number of hydrogen-bond donors (Lipinski definition) is 5. The number of nitrogens with two attached hydrogens (primary N) is 1. The van der Waals surface area contributed by atoms with Crippen LogP contribution in [0.3, 0.4) is 0 Å². The summed E-state index contributed by atoms with van der Waals surface area (Å²) in [5, 5.41) is 37.1. The monoisotopic (exact) mass is 463 g/mol. The van der Waals surface area contributed by atoms with Crippen LogP contribution in [0.2, 0.25) is 10.0 Å². The van der Waals surface area contributed by atoms with Crippen LogP contribution < -0.4 is 11.1 Å². The first-order valence-corrected chi connectivity index (χ1v) is 10.8. The van der Waals surface area contributed by atoms with Crippen molar-refractivity contribution in [2.45, 2.75) is 34.7 Å². The van der Waals surface area contributed by atoms with E-state index >= 15 is 0 Å². The summed E-state index contributed by atoms with van der Waals surface area (Å²) >= 11 is 14.7. The van der Waals surface area contributed by atoms with Gasteiger partial charge in [-0.2, -0.15) is 0 Å². The number of aliphatic hydroxyl groups excluding tert-OH is 3. The third-order valence-corrected chi connectivity index (χ3v) is 6.84. The van der Waals surface area contributed by atoms with Gasteiger partial charge in [0.2, 0.25) is 0 Å². The Kier molecular flexibility index (Phi) is 7.46. The van der Waals surface area contributed by atoms with Crippen LogP contribution in [-0.4, -0.2) is 56.7 Å². The Balaban J connectivity index is 1.79. The van der Waals surface area contributed by atoms with Gasteiger partial charge in [-0.3, -0.25) is 0 Å². The van der Waals surface area contributed by atoms with Crippen molar-refractivity contribution in [3.05, 3.63) is 51.0 Å². The lowest BCUT2D eigenvalue weighted by molar-refractivity contribution is -0.164. The normalized spacial score (nSPS) is 28.3. The fourth-order valence-electron chi connectivity index (χ4n) is 2.69. The van der Waals surface area contributed by atoms with Crippen molar-refractivity contribution in [2.75, 3.05) is 6.61 Å². The molecule has 0 saturated carbocycles. The van der Waals surface area contributed by atoms with Gasteiger partial charge in [-0.15, -0.1) is 11.3 Å². The summed E-state index contributed by atoms with van der Waals surface area (Å²) in [7, 11) is 0. The summed E-state index contributed by atoms with van der Waals surface area (Å²) in [5.74, 6) is 0. The third kappa shape index (κ3) is 4.92. The van der Waals surface area contributed by atoms with E-state index in [1.165, 1.54) is 17.5 Å². The standard InChI is InChI=1S/C17H19Cl2N3O4S2/c18-8-1-2-9(19)12(5-8)28-17-15(25)13(14(24)11(7-23)26-17)22-6-10(20)16-21-3-4-27-16/h1-6,11,13-15,17,22-25H,7,20H2/b10-6-. The first-order chi connectivity index (χ1) is 13.4. The number of aliphatic hydroxyl groups is 3. The molecule has 0 amide bonds. The third-order valence-electron chi connectivity index (χ3n) is 4.13. The smallest absolute Gasteiger partial charge is 0.140 e. The highest BCUT2D eigenvalue weighted by Gasteiger charge is 2.44. The highest BCUT2D eigenvalue weighted by Crippen LogP contribution is 2.38. The van der Waals surface area contributed by atoms with E-state index in [0.29, 0.717) is 25.6 Å². The predicted octanol–water partition coefficient (Wildman–Crippen LogP) is 1.90. The molecule has 0 bridgehead atoms. The quantitative estimate of drug-likeness (QED) is 0.440. The predicted molar refractivity (Wildman–Crippen MR) is 111 cm³/mol. The average molecular weight is 464 g/mol. The van der Waals surface area contributed by atoms with E-state index < -0.39 is 36.4 Å². The van der Waals surface area contributed by atoms with Crippen LogP contribution in [0.15, 0.2) is 40.9 Å². The Morgan fingerprint density at radius 2 is 2.14 bits per heavy atom. The number of thiazole rings is 1. The zero-order chi connectivity index (χ0) is 20.3. The summed E-state index contributed by atoms with van der Waals surface area (Å²) in [6.07, 6.45) is -0.0812. The molecule has 2 aromatic rings. The molecule has 3 rings (SSSR count). The molecule has 7 nitrogen and oxygen atoms in total. The molecular formula is C17H19Cl2N3O4S2. The average Bonchev–Trinajstić information content (AvgIpc) is 3.21. The number of benzene rings is 1. The Bertz CT molecular complexity index is 825. The van der Waals surface area contributed by atoms with Crippen LogP contribution in [0.4, 0.5) is 0 Å². The van der Waals surface area contributed by atoms with Crippen LogP contribution in [0.25, 0.3) is 5.70 Å². The molecule has 152 valence electrons. The lowest BCUT2D eigenvalue weighted by atomic mass is 9.97. The van der Waals surface area contributed by atoms with E-state index in [9.17, 15) is 15.3 Å². The zero-order valence-electron chi connectivity index (χ0n) is 14.4. The minimum atomic E-state index is -1.16. The number of halogens is 2. The fourth-order valence-corrected chi connectivity index (χ4v) is 4.88. The van der Waals surface area contributed by atoms with Gasteiger partial charge in [-0.1, -0.05) is 35.0 Å². The van der Waals surface area contributed by atoms with E-state index in [-0.39, 0.29) is 0 Å². The van der Waals surface area contributed by atoms with Gasteiger partial charge in [0.1, 0.15) is 28.8 Å². The molecule has 28 heavy (non-hydrogen) atoms. The lowest BCUT2D eigenvalue weighted by Gasteiger charge is -2.42. The number of ether oxygens (including phenoxy) is 1. The maximum absolute atomic E-state index is 10.8. The Labute approximate surface area is 180 Å². The van der Waals surface area contributed by atoms with Gasteiger partial charge in [-0.05, 0) is 18.2 Å². The van der Waals surface area contributed by atoms with Gasteiger partial charge < -0.3 is 31.1 Å². The summed E-state index contributed by atoms with van der Waals surface area (Å²) < 4.78 is 5.68. The van der Waals surface area contributed by atoms with Crippen molar-refractivity contribution in [3.63, 3.8) is 0 Å².